The van der Waals surface area contributed by atoms with Crippen LogP contribution in [0.1, 0.15) is 16.1 Å². The minimum Gasteiger partial charge on any atom is -0.497 e. The largest absolute Gasteiger partial charge is 0.497 e. The summed E-state index contributed by atoms with van der Waals surface area (Å²) in [4.78, 5) is 22.4. The predicted octanol–water partition coefficient (Wildman–Crippen LogP) is 1.19. The van der Waals surface area contributed by atoms with E-state index in [0.29, 0.717) is 13.0 Å². The molecule has 1 aromatic heterocycles. The van der Waals surface area contributed by atoms with Crippen LogP contribution in [0, 0.1) is 0 Å². The Labute approximate surface area is 115 Å². The molecule has 0 aliphatic carbocycles. The monoisotopic (exact) mass is 274 g/mol. The van der Waals surface area contributed by atoms with E-state index in [0.717, 1.165) is 16.0 Å². The zero-order valence-electron chi connectivity index (χ0n) is 10.9. The number of ether oxygens (including phenoxy) is 1. The molecule has 6 nitrogen and oxygen atoms in total. The number of methoxy groups -OCH3 is 1. The molecular formula is C14H14N2O4. The molecule has 0 bridgehead atoms. The van der Waals surface area contributed by atoms with Crippen LogP contribution in [0.2, 0.25) is 0 Å². The molecule has 104 valence electrons. The van der Waals surface area contributed by atoms with Crippen molar-refractivity contribution in [3.63, 3.8) is 0 Å². The molecule has 1 N–H and O–H groups in total. The first kappa shape index (κ1) is 13.8. The molecule has 0 aliphatic heterocycles. The summed E-state index contributed by atoms with van der Waals surface area (Å²) in [6.45, 7) is 0.326. The summed E-state index contributed by atoms with van der Waals surface area (Å²) in [5.74, 6) is -0.389. The summed E-state index contributed by atoms with van der Waals surface area (Å²) in [5.41, 5.74) is 0.558. The third-order valence-corrected chi connectivity index (χ3v) is 2.86. The fourth-order valence-corrected chi connectivity index (χ4v) is 1.75. The topological polar surface area (TPSA) is 81.4 Å². The van der Waals surface area contributed by atoms with Gasteiger partial charge in [-0.05, 0) is 30.2 Å². The van der Waals surface area contributed by atoms with Crippen LogP contribution >= 0.6 is 0 Å². The second kappa shape index (κ2) is 6.01. The average Bonchev–Trinajstić information content (AvgIpc) is 2.46. The highest BCUT2D eigenvalue weighted by Crippen LogP contribution is 2.11. The van der Waals surface area contributed by atoms with Gasteiger partial charge in [0.2, 0.25) is 0 Å². The SMILES string of the molecule is COc1ccc(CCn2nc(C(=O)O)ccc2=O)cc1. The number of carbonyl (C=O) groups is 1. The highest BCUT2D eigenvalue weighted by atomic mass is 16.5. The van der Waals surface area contributed by atoms with E-state index in [2.05, 4.69) is 5.10 Å². The maximum atomic E-state index is 11.6. The Morgan fingerprint density at radius 3 is 2.55 bits per heavy atom. The summed E-state index contributed by atoms with van der Waals surface area (Å²) >= 11 is 0. The number of hydrogen-bond acceptors (Lipinski definition) is 4. The first-order valence-electron chi connectivity index (χ1n) is 6.04. The van der Waals surface area contributed by atoms with E-state index in [1.165, 1.54) is 12.1 Å². The number of hydrogen-bond donors (Lipinski definition) is 1. The van der Waals surface area contributed by atoms with E-state index in [9.17, 15) is 9.59 Å². The lowest BCUT2D eigenvalue weighted by Gasteiger charge is -2.06. The molecule has 2 rings (SSSR count). The molecule has 1 heterocycles. The van der Waals surface area contributed by atoms with Crippen LogP contribution < -0.4 is 10.3 Å². The van der Waals surface area contributed by atoms with Gasteiger partial charge in [-0.25, -0.2) is 9.48 Å². The number of nitrogens with zero attached hydrogens (tertiary/aromatic N) is 2. The van der Waals surface area contributed by atoms with Crippen molar-refractivity contribution in [3.8, 4) is 5.75 Å². The zero-order chi connectivity index (χ0) is 14.5. The average molecular weight is 274 g/mol. The van der Waals surface area contributed by atoms with E-state index in [1.807, 2.05) is 24.3 Å². The van der Waals surface area contributed by atoms with Crippen LogP contribution in [-0.2, 0) is 13.0 Å². The number of rotatable bonds is 5. The van der Waals surface area contributed by atoms with Crippen molar-refractivity contribution in [2.24, 2.45) is 0 Å². The van der Waals surface area contributed by atoms with E-state index < -0.39 is 5.97 Å². The number of benzene rings is 1. The second-order valence-electron chi connectivity index (χ2n) is 4.18. The number of carboxylic acids is 1. The Hall–Kier alpha value is -2.63. The standard InChI is InChI=1S/C14H14N2O4/c1-20-11-4-2-10(3-5-11)8-9-16-13(17)7-6-12(15-16)14(18)19/h2-7H,8-9H2,1H3,(H,18,19). The maximum absolute atomic E-state index is 11.6. The lowest BCUT2D eigenvalue weighted by molar-refractivity contribution is 0.0687. The number of aromatic carboxylic acids is 1. The fraction of sp³-hybridized carbons (Fsp3) is 0.214. The van der Waals surface area contributed by atoms with E-state index >= 15 is 0 Å². The number of aromatic nitrogens is 2. The van der Waals surface area contributed by atoms with Gasteiger partial charge in [-0.1, -0.05) is 12.1 Å². The Morgan fingerprint density at radius 2 is 1.95 bits per heavy atom. The van der Waals surface area contributed by atoms with Crippen molar-refractivity contribution in [1.82, 2.24) is 9.78 Å². The number of carboxylic acid groups (broad SMARTS) is 1. The molecule has 0 fully saturated rings. The van der Waals surface area contributed by atoms with Gasteiger partial charge in [-0.2, -0.15) is 5.10 Å². The summed E-state index contributed by atoms with van der Waals surface area (Å²) in [6, 6.07) is 9.87. The maximum Gasteiger partial charge on any atom is 0.356 e. The smallest absolute Gasteiger partial charge is 0.356 e. The predicted molar refractivity (Wildman–Crippen MR) is 72.2 cm³/mol. The van der Waals surface area contributed by atoms with Gasteiger partial charge in [0.1, 0.15) is 5.75 Å². The minimum absolute atomic E-state index is 0.140. The Bertz CT molecular complexity index is 662. The third kappa shape index (κ3) is 3.23. The lowest BCUT2D eigenvalue weighted by atomic mass is 10.1. The second-order valence-corrected chi connectivity index (χ2v) is 4.18. The molecule has 0 unspecified atom stereocenters. The molecule has 0 saturated carbocycles. The van der Waals surface area contributed by atoms with Gasteiger partial charge in [0, 0.05) is 12.6 Å². The van der Waals surface area contributed by atoms with E-state index in [-0.39, 0.29) is 11.3 Å². The summed E-state index contributed by atoms with van der Waals surface area (Å²) in [5, 5.41) is 12.7. The number of aryl methyl sites for hydroxylation is 2. The molecule has 0 amide bonds. The van der Waals surface area contributed by atoms with Crippen molar-refractivity contribution in [2.75, 3.05) is 7.11 Å². The third-order valence-electron chi connectivity index (χ3n) is 2.86. The summed E-state index contributed by atoms with van der Waals surface area (Å²) in [7, 11) is 1.59. The van der Waals surface area contributed by atoms with Crippen molar-refractivity contribution in [3.05, 3.63) is 58.0 Å². The Kier molecular flexibility index (Phi) is 4.14. The lowest BCUT2D eigenvalue weighted by Crippen LogP contribution is -2.25. The molecule has 20 heavy (non-hydrogen) atoms. The van der Waals surface area contributed by atoms with Crippen LogP contribution in [0.25, 0.3) is 0 Å². The fourth-order valence-electron chi connectivity index (χ4n) is 1.75. The van der Waals surface area contributed by atoms with Crippen molar-refractivity contribution in [1.29, 1.82) is 0 Å². The first-order valence-corrected chi connectivity index (χ1v) is 6.04. The Morgan fingerprint density at radius 1 is 1.25 bits per heavy atom. The van der Waals surface area contributed by atoms with Crippen LogP contribution in [0.15, 0.2) is 41.2 Å². The Balaban J connectivity index is 2.11. The van der Waals surface area contributed by atoms with Crippen molar-refractivity contribution < 1.29 is 14.6 Å². The van der Waals surface area contributed by atoms with Gasteiger partial charge in [-0.3, -0.25) is 4.79 Å². The van der Waals surface area contributed by atoms with E-state index in [1.54, 1.807) is 7.11 Å². The molecule has 0 atom stereocenters. The van der Waals surface area contributed by atoms with Crippen molar-refractivity contribution in [2.45, 2.75) is 13.0 Å². The molecule has 0 aliphatic rings. The van der Waals surface area contributed by atoms with Gasteiger partial charge in [0.25, 0.3) is 5.56 Å². The molecule has 2 aromatic rings. The van der Waals surface area contributed by atoms with E-state index in [4.69, 9.17) is 9.84 Å². The molecule has 1 aromatic carbocycles. The summed E-state index contributed by atoms with van der Waals surface area (Å²) < 4.78 is 6.22. The van der Waals surface area contributed by atoms with Gasteiger partial charge >= 0.3 is 5.97 Å². The van der Waals surface area contributed by atoms with Gasteiger partial charge < -0.3 is 9.84 Å². The molecule has 0 radical (unpaired) electrons. The molecule has 0 saturated heterocycles. The van der Waals surface area contributed by atoms with Gasteiger partial charge in [-0.15, -0.1) is 0 Å². The van der Waals surface area contributed by atoms with Crippen molar-refractivity contribution >= 4 is 5.97 Å². The van der Waals surface area contributed by atoms with Crippen LogP contribution in [0.4, 0.5) is 0 Å². The van der Waals surface area contributed by atoms with Gasteiger partial charge in [0.15, 0.2) is 5.69 Å². The zero-order valence-corrected chi connectivity index (χ0v) is 10.9. The molecular weight excluding hydrogens is 260 g/mol. The van der Waals surface area contributed by atoms with Gasteiger partial charge in [0.05, 0.1) is 7.11 Å². The van der Waals surface area contributed by atoms with Crippen LogP contribution in [0.3, 0.4) is 0 Å². The summed E-state index contributed by atoms with van der Waals surface area (Å²) in [6.07, 6.45) is 0.583. The van der Waals surface area contributed by atoms with Crippen LogP contribution in [0.5, 0.6) is 5.75 Å². The highest BCUT2D eigenvalue weighted by Gasteiger charge is 2.07. The molecule has 6 heteroatoms. The quantitative estimate of drug-likeness (QED) is 0.885. The minimum atomic E-state index is -1.15. The van der Waals surface area contributed by atoms with Crippen LogP contribution in [-0.4, -0.2) is 28.0 Å². The normalized spacial score (nSPS) is 10.2. The first-order chi connectivity index (χ1) is 9.60. The molecule has 0 spiro atoms. The highest BCUT2D eigenvalue weighted by molar-refractivity contribution is 5.84.